The lowest BCUT2D eigenvalue weighted by atomic mass is 10.1. The Hall–Kier alpha value is -0.760. The first-order chi connectivity index (χ1) is 20.4. The Bertz CT molecular complexity index is 662. The highest BCUT2D eigenvalue weighted by Crippen LogP contribution is 2.43. The molecule has 42 heavy (non-hydrogen) atoms. The number of hydrogen-bond donors (Lipinski definition) is 2. The Labute approximate surface area is 258 Å². The maximum atomic E-state index is 12.4. The number of carbonyl (C=O) groups is 1. The summed E-state index contributed by atoms with van der Waals surface area (Å²) < 4.78 is 33.1. The van der Waals surface area contributed by atoms with E-state index in [2.05, 4.69) is 26.0 Å². The number of unbranched alkanes of at least 4 members (excludes halogenated alkanes) is 18. The molecular formula is C33H66NO7P. The zero-order chi connectivity index (χ0) is 31.0. The fraction of sp³-hybridized carbons (Fsp3) is 0.909. The minimum atomic E-state index is -4.26. The van der Waals surface area contributed by atoms with E-state index in [1.807, 2.05) is 0 Å². The van der Waals surface area contributed by atoms with E-state index < -0.39 is 13.9 Å². The van der Waals surface area contributed by atoms with Crippen molar-refractivity contribution < 1.29 is 32.8 Å². The highest BCUT2D eigenvalue weighted by molar-refractivity contribution is 7.47. The van der Waals surface area contributed by atoms with Gasteiger partial charge in [0.05, 0.1) is 19.8 Å². The highest BCUT2D eigenvalue weighted by Gasteiger charge is 2.25. The molecule has 0 saturated heterocycles. The van der Waals surface area contributed by atoms with Gasteiger partial charge >= 0.3 is 13.8 Å². The molecular weight excluding hydrogens is 553 g/mol. The summed E-state index contributed by atoms with van der Waals surface area (Å²) in [5.41, 5.74) is 5.33. The van der Waals surface area contributed by atoms with Gasteiger partial charge < -0.3 is 20.1 Å². The van der Waals surface area contributed by atoms with Crippen LogP contribution in [0.25, 0.3) is 0 Å². The van der Waals surface area contributed by atoms with Gasteiger partial charge in [0.2, 0.25) is 0 Å². The van der Waals surface area contributed by atoms with Crippen LogP contribution in [0.1, 0.15) is 155 Å². The van der Waals surface area contributed by atoms with Crippen LogP contribution in [-0.4, -0.2) is 49.9 Å². The van der Waals surface area contributed by atoms with Crippen molar-refractivity contribution in [2.75, 3.05) is 33.0 Å². The molecule has 0 aliphatic rings. The van der Waals surface area contributed by atoms with Crippen molar-refractivity contribution in [2.45, 2.75) is 161 Å². The third-order valence-electron chi connectivity index (χ3n) is 7.18. The molecule has 0 bridgehead atoms. The van der Waals surface area contributed by atoms with E-state index in [0.29, 0.717) is 13.0 Å². The molecule has 0 spiro atoms. The Balaban J connectivity index is 4.10. The van der Waals surface area contributed by atoms with Crippen LogP contribution < -0.4 is 5.73 Å². The molecule has 0 aromatic heterocycles. The van der Waals surface area contributed by atoms with Gasteiger partial charge in [-0.25, -0.2) is 4.57 Å². The summed E-state index contributed by atoms with van der Waals surface area (Å²) in [6.07, 6.45) is 29.4. The standard InChI is InChI=1S/C33H66NO7P/c1-3-5-7-9-11-13-14-15-16-17-18-19-20-22-24-26-33(35)41-32(31-40-42(36,37)39-29-27-34)30-38-28-25-23-21-12-10-8-6-4-2/h15-16,32H,3-14,17-31,34H2,1-2H3,(H,36,37)/b16-15-. The molecule has 9 heteroatoms. The lowest BCUT2D eigenvalue weighted by Gasteiger charge is -2.20. The van der Waals surface area contributed by atoms with Crippen molar-refractivity contribution in [2.24, 2.45) is 5.73 Å². The number of phosphoric ester groups is 1. The van der Waals surface area contributed by atoms with Crippen LogP contribution in [0.2, 0.25) is 0 Å². The van der Waals surface area contributed by atoms with Crippen LogP contribution >= 0.6 is 7.82 Å². The molecule has 0 aromatic rings. The zero-order valence-corrected chi connectivity index (χ0v) is 28.1. The van der Waals surface area contributed by atoms with Gasteiger partial charge in [-0.2, -0.15) is 0 Å². The number of nitrogens with two attached hydrogens (primary N) is 1. The molecule has 0 aromatic carbocycles. The largest absolute Gasteiger partial charge is 0.472 e. The molecule has 0 heterocycles. The predicted molar refractivity (Wildman–Crippen MR) is 174 cm³/mol. The van der Waals surface area contributed by atoms with Crippen molar-refractivity contribution in [3.63, 3.8) is 0 Å². The molecule has 0 amide bonds. The number of ether oxygens (including phenoxy) is 2. The summed E-state index contributed by atoms with van der Waals surface area (Å²) in [6, 6.07) is 0. The molecule has 0 fully saturated rings. The van der Waals surface area contributed by atoms with Crippen LogP contribution in [0, 0.1) is 0 Å². The summed E-state index contributed by atoms with van der Waals surface area (Å²) in [4.78, 5) is 22.2. The van der Waals surface area contributed by atoms with Crippen LogP contribution in [-0.2, 0) is 27.9 Å². The monoisotopic (exact) mass is 619 g/mol. The highest BCUT2D eigenvalue weighted by atomic mass is 31.2. The maximum Gasteiger partial charge on any atom is 0.472 e. The van der Waals surface area contributed by atoms with Gasteiger partial charge in [-0.3, -0.25) is 13.8 Å². The van der Waals surface area contributed by atoms with Crippen LogP contribution in [0.15, 0.2) is 12.2 Å². The molecule has 0 aliphatic heterocycles. The van der Waals surface area contributed by atoms with Gasteiger partial charge in [-0.15, -0.1) is 0 Å². The summed E-state index contributed by atoms with van der Waals surface area (Å²) in [6.45, 7) is 4.88. The van der Waals surface area contributed by atoms with Gasteiger partial charge in [-0.1, -0.05) is 122 Å². The Morgan fingerprint density at radius 1 is 0.690 bits per heavy atom. The number of rotatable bonds is 33. The fourth-order valence-electron chi connectivity index (χ4n) is 4.64. The van der Waals surface area contributed by atoms with Gasteiger partial charge in [0.25, 0.3) is 0 Å². The number of hydrogen-bond acceptors (Lipinski definition) is 7. The van der Waals surface area contributed by atoms with E-state index in [9.17, 15) is 14.3 Å². The second-order valence-electron chi connectivity index (χ2n) is 11.4. The lowest BCUT2D eigenvalue weighted by Crippen LogP contribution is -2.28. The summed E-state index contributed by atoms with van der Waals surface area (Å²) in [5.74, 6) is -0.340. The van der Waals surface area contributed by atoms with Gasteiger partial charge in [0.15, 0.2) is 0 Å². The predicted octanol–water partition coefficient (Wildman–Crippen LogP) is 9.19. The number of carbonyl (C=O) groups excluding carboxylic acids is 1. The SMILES string of the molecule is CCCCCCCC/C=C\CCCCCCCC(=O)OC(COCCCCCCCCCC)COP(=O)(O)OCCN. The molecule has 3 N–H and O–H groups in total. The van der Waals surface area contributed by atoms with E-state index in [4.69, 9.17) is 24.3 Å². The van der Waals surface area contributed by atoms with E-state index in [1.165, 1.54) is 89.9 Å². The first kappa shape index (κ1) is 41.2. The minimum Gasteiger partial charge on any atom is -0.457 e. The molecule has 2 atom stereocenters. The first-order valence-corrected chi connectivity index (χ1v) is 18.7. The molecule has 0 aliphatic carbocycles. The zero-order valence-electron chi connectivity index (χ0n) is 27.2. The van der Waals surface area contributed by atoms with E-state index >= 15 is 0 Å². The van der Waals surface area contributed by atoms with Crippen LogP contribution in [0.4, 0.5) is 0 Å². The van der Waals surface area contributed by atoms with E-state index in [0.717, 1.165) is 44.9 Å². The van der Waals surface area contributed by atoms with Crippen molar-refractivity contribution in [3.8, 4) is 0 Å². The molecule has 0 radical (unpaired) electrons. The van der Waals surface area contributed by atoms with Crippen molar-refractivity contribution in [1.29, 1.82) is 0 Å². The number of esters is 1. The smallest absolute Gasteiger partial charge is 0.457 e. The fourth-order valence-corrected chi connectivity index (χ4v) is 5.40. The van der Waals surface area contributed by atoms with Crippen molar-refractivity contribution >= 4 is 13.8 Å². The van der Waals surface area contributed by atoms with E-state index in [-0.39, 0.29) is 32.3 Å². The normalized spacial score (nSPS) is 13.9. The molecule has 2 unspecified atom stereocenters. The summed E-state index contributed by atoms with van der Waals surface area (Å²) >= 11 is 0. The second-order valence-corrected chi connectivity index (χ2v) is 12.8. The minimum absolute atomic E-state index is 0.0946. The second kappa shape index (κ2) is 31.7. The topological polar surface area (TPSA) is 117 Å². The van der Waals surface area contributed by atoms with Gasteiger partial charge in [0.1, 0.15) is 6.10 Å². The average Bonchev–Trinajstić information content (AvgIpc) is 2.97. The lowest BCUT2D eigenvalue weighted by molar-refractivity contribution is -0.154. The van der Waals surface area contributed by atoms with E-state index in [1.54, 1.807) is 0 Å². The van der Waals surface area contributed by atoms with Gasteiger partial charge in [0, 0.05) is 19.6 Å². The summed E-state index contributed by atoms with van der Waals surface area (Å²) in [7, 11) is -4.26. The first-order valence-electron chi connectivity index (χ1n) is 17.2. The third kappa shape index (κ3) is 30.7. The Kier molecular flexibility index (Phi) is 31.1. The van der Waals surface area contributed by atoms with Gasteiger partial charge in [-0.05, 0) is 38.5 Å². The third-order valence-corrected chi connectivity index (χ3v) is 8.17. The number of allylic oxidation sites excluding steroid dienone is 2. The summed E-state index contributed by atoms with van der Waals surface area (Å²) in [5, 5.41) is 0. The molecule has 0 rings (SSSR count). The van der Waals surface area contributed by atoms with Crippen molar-refractivity contribution in [3.05, 3.63) is 12.2 Å². The number of phosphoric acid groups is 1. The van der Waals surface area contributed by atoms with Crippen LogP contribution in [0.5, 0.6) is 0 Å². The molecule has 250 valence electrons. The molecule has 8 nitrogen and oxygen atoms in total. The molecule has 0 saturated carbocycles. The Morgan fingerprint density at radius 3 is 1.74 bits per heavy atom. The van der Waals surface area contributed by atoms with Crippen molar-refractivity contribution in [1.82, 2.24) is 0 Å². The average molecular weight is 620 g/mol. The van der Waals surface area contributed by atoms with Crippen LogP contribution in [0.3, 0.4) is 0 Å². The Morgan fingerprint density at radius 2 is 1.19 bits per heavy atom. The maximum absolute atomic E-state index is 12.4. The quantitative estimate of drug-likeness (QED) is 0.0323.